The summed E-state index contributed by atoms with van der Waals surface area (Å²) in [5, 5.41) is 23.0. The first kappa shape index (κ1) is 16.7. The van der Waals surface area contributed by atoms with Gasteiger partial charge in [0.1, 0.15) is 0 Å². The van der Waals surface area contributed by atoms with Crippen LogP contribution in [0.15, 0.2) is 35.5 Å². The van der Waals surface area contributed by atoms with Gasteiger partial charge < -0.3 is 10.3 Å². The van der Waals surface area contributed by atoms with Crippen LogP contribution in [0.25, 0.3) is 0 Å². The number of oxime groups is 1. The summed E-state index contributed by atoms with van der Waals surface area (Å²) in [4.78, 5) is 0. The number of benzene rings is 1. The zero-order valence-electron chi connectivity index (χ0n) is 12.8. The molecule has 112 valence electrons. The molecule has 0 fully saturated rings. The Morgan fingerprint density at radius 1 is 1.20 bits per heavy atom. The van der Waals surface area contributed by atoms with Gasteiger partial charge >= 0.3 is 0 Å². The van der Waals surface area contributed by atoms with Gasteiger partial charge in [-0.3, -0.25) is 0 Å². The topological polar surface area (TPSA) is 52.8 Å². The molecule has 0 spiro atoms. The minimum Gasteiger partial charge on any atom is -0.411 e. The fraction of sp³-hybridized carbons (Fsp3) is 0.588. The van der Waals surface area contributed by atoms with Crippen LogP contribution in [0.2, 0.25) is 0 Å². The minimum atomic E-state index is -0.380. The lowest BCUT2D eigenvalue weighted by molar-refractivity contribution is 0.0454. The molecular weight excluding hydrogens is 250 g/mol. The summed E-state index contributed by atoms with van der Waals surface area (Å²) < 4.78 is 0. The molecule has 0 saturated carbocycles. The van der Waals surface area contributed by atoms with Crippen LogP contribution in [0.1, 0.15) is 58.4 Å². The predicted octanol–water partition coefficient (Wildman–Crippen LogP) is 4.22. The van der Waals surface area contributed by atoms with Gasteiger partial charge in [0.15, 0.2) is 0 Å². The Morgan fingerprint density at radius 2 is 1.85 bits per heavy atom. The molecule has 2 N–H and O–H groups in total. The van der Waals surface area contributed by atoms with Crippen LogP contribution in [0.3, 0.4) is 0 Å². The summed E-state index contributed by atoms with van der Waals surface area (Å²) in [5.41, 5.74) is 1.24. The average Bonchev–Trinajstić information content (AvgIpc) is 2.45. The third-order valence-corrected chi connectivity index (χ3v) is 3.83. The van der Waals surface area contributed by atoms with Crippen LogP contribution in [-0.2, 0) is 0 Å². The van der Waals surface area contributed by atoms with Gasteiger partial charge in [0, 0.05) is 6.42 Å². The molecule has 0 aliphatic heterocycles. The summed E-state index contributed by atoms with van der Waals surface area (Å²) in [6.45, 7) is 6.21. The van der Waals surface area contributed by atoms with E-state index < -0.39 is 0 Å². The lowest BCUT2D eigenvalue weighted by atomic mass is 9.78. The van der Waals surface area contributed by atoms with Gasteiger partial charge in [0.2, 0.25) is 0 Å². The van der Waals surface area contributed by atoms with E-state index in [-0.39, 0.29) is 11.5 Å². The van der Waals surface area contributed by atoms with Gasteiger partial charge in [0.25, 0.3) is 0 Å². The normalized spacial score (nSPS) is 14.3. The van der Waals surface area contributed by atoms with Crippen molar-refractivity contribution in [2.24, 2.45) is 10.6 Å². The molecule has 0 saturated heterocycles. The molecule has 0 bridgehead atoms. The van der Waals surface area contributed by atoms with Gasteiger partial charge in [-0.25, -0.2) is 0 Å². The maximum absolute atomic E-state index is 10.4. The summed E-state index contributed by atoms with van der Waals surface area (Å²) in [6.07, 6.45) is 4.31. The lowest BCUT2D eigenvalue weighted by Crippen LogP contribution is -2.32. The summed E-state index contributed by atoms with van der Waals surface area (Å²) >= 11 is 0. The van der Waals surface area contributed by atoms with Crippen molar-refractivity contribution in [3.05, 3.63) is 35.9 Å². The number of nitrogens with zero attached hydrogens (tertiary/aromatic N) is 1. The molecule has 0 aromatic heterocycles. The zero-order valence-corrected chi connectivity index (χ0v) is 12.8. The Labute approximate surface area is 122 Å². The van der Waals surface area contributed by atoms with Crippen molar-refractivity contribution >= 4 is 5.71 Å². The van der Waals surface area contributed by atoms with Gasteiger partial charge in [-0.15, -0.1) is 0 Å². The van der Waals surface area contributed by atoms with E-state index in [9.17, 15) is 10.3 Å². The standard InChI is InChI=1S/C17H27NO2/c1-4-5-7-12-16(19)17(2,3)13-15(18-20)14-10-8-6-9-11-14/h6,8-11,16,19-20H,4-5,7,12-13H2,1-3H3/b18-15-. The Morgan fingerprint density at radius 3 is 2.40 bits per heavy atom. The van der Waals surface area contributed by atoms with E-state index in [1.807, 2.05) is 44.2 Å². The van der Waals surface area contributed by atoms with E-state index in [4.69, 9.17) is 0 Å². The molecule has 0 amide bonds. The quantitative estimate of drug-likeness (QED) is 0.323. The maximum Gasteiger partial charge on any atom is 0.0874 e. The molecule has 0 radical (unpaired) electrons. The number of aliphatic hydroxyl groups is 1. The van der Waals surface area contributed by atoms with Crippen molar-refractivity contribution in [2.45, 2.75) is 59.0 Å². The molecule has 3 nitrogen and oxygen atoms in total. The van der Waals surface area contributed by atoms with E-state index in [0.717, 1.165) is 31.2 Å². The van der Waals surface area contributed by atoms with Crippen molar-refractivity contribution in [2.75, 3.05) is 0 Å². The van der Waals surface area contributed by atoms with Gasteiger partial charge in [-0.1, -0.05) is 75.5 Å². The van der Waals surface area contributed by atoms with Gasteiger partial charge in [-0.05, 0) is 17.4 Å². The number of unbranched alkanes of at least 4 members (excludes halogenated alkanes) is 2. The third kappa shape index (κ3) is 4.97. The van der Waals surface area contributed by atoms with Crippen molar-refractivity contribution in [3.8, 4) is 0 Å². The summed E-state index contributed by atoms with van der Waals surface area (Å²) in [7, 11) is 0. The zero-order chi connectivity index (χ0) is 15.0. The van der Waals surface area contributed by atoms with E-state index in [1.165, 1.54) is 0 Å². The van der Waals surface area contributed by atoms with Crippen molar-refractivity contribution in [1.29, 1.82) is 0 Å². The van der Waals surface area contributed by atoms with E-state index in [0.29, 0.717) is 12.1 Å². The Balaban J connectivity index is 2.68. The smallest absolute Gasteiger partial charge is 0.0874 e. The van der Waals surface area contributed by atoms with Gasteiger partial charge in [0.05, 0.1) is 11.8 Å². The highest BCUT2D eigenvalue weighted by atomic mass is 16.4. The monoisotopic (exact) mass is 277 g/mol. The lowest BCUT2D eigenvalue weighted by Gasteiger charge is -2.31. The molecular formula is C17H27NO2. The first-order valence-electron chi connectivity index (χ1n) is 7.45. The largest absolute Gasteiger partial charge is 0.411 e. The van der Waals surface area contributed by atoms with Crippen LogP contribution in [0.5, 0.6) is 0 Å². The van der Waals surface area contributed by atoms with E-state index in [1.54, 1.807) is 0 Å². The van der Waals surface area contributed by atoms with Crippen LogP contribution in [0.4, 0.5) is 0 Å². The van der Waals surface area contributed by atoms with Crippen LogP contribution in [-0.4, -0.2) is 22.1 Å². The van der Waals surface area contributed by atoms with Crippen molar-refractivity contribution in [3.63, 3.8) is 0 Å². The molecule has 1 unspecified atom stereocenters. The minimum absolute atomic E-state index is 0.300. The number of hydrogen-bond acceptors (Lipinski definition) is 3. The molecule has 1 atom stereocenters. The molecule has 3 heteroatoms. The third-order valence-electron chi connectivity index (χ3n) is 3.83. The van der Waals surface area contributed by atoms with Crippen molar-refractivity contribution in [1.82, 2.24) is 0 Å². The average molecular weight is 277 g/mol. The fourth-order valence-electron chi connectivity index (χ4n) is 2.35. The van der Waals surface area contributed by atoms with Crippen LogP contribution in [0, 0.1) is 5.41 Å². The Bertz CT molecular complexity index is 412. The Hall–Kier alpha value is -1.35. The predicted molar refractivity (Wildman–Crippen MR) is 83.3 cm³/mol. The molecule has 0 aliphatic carbocycles. The first-order valence-corrected chi connectivity index (χ1v) is 7.45. The SMILES string of the molecule is CCCCCC(O)C(C)(C)C/C(=N/O)c1ccccc1. The highest BCUT2D eigenvalue weighted by Gasteiger charge is 2.29. The second-order valence-corrected chi connectivity index (χ2v) is 6.09. The summed E-state index contributed by atoms with van der Waals surface area (Å²) in [5.74, 6) is 0. The molecule has 1 aromatic rings. The highest BCUT2D eigenvalue weighted by Crippen LogP contribution is 2.30. The van der Waals surface area contributed by atoms with Crippen LogP contribution >= 0.6 is 0 Å². The number of aliphatic hydroxyl groups excluding tert-OH is 1. The summed E-state index contributed by atoms with van der Waals surface area (Å²) in [6, 6.07) is 9.63. The van der Waals surface area contributed by atoms with Crippen molar-refractivity contribution < 1.29 is 10.3 Å². The van der Waals surface area contributed by atoms with E-state index in [2.05, 4.69) is 12.1 Å². The van der Waals surface area contributed by atoms with E-state index >= 15 is 0 Å². The molecule has 1 rings (SSSR count). The molecule has 0 aliphatic rings. The molecule has 1 aromatic carbocycles. The second kappa shape index (κ2) is 8.05. The maximum atomic E-state index is 10.4. The number of rotatable bonds is 8. The number of hydrogen-bond donors (Lipinski definition) is 2. The molecule has 0 heterocycles. The van der Waals surface area contributed by atoms with Crippen LogP contribution < -0.4 is 0 Å². The second-order valence-electron chi connectivity index (χ2n) is 6.09. The Kier molecular flexibility index (Phi) is 6.73. The fourth-order valence-corrected chi connectivity index (χ4v) is 2.35. The molecule has 20 heavy (non-hydrogen) atoms. The highest BCUT2D eigenvalue weighted by molar-refractivity contribution is 6.00. The van der Waals surface area contributed by atoms with Gasteiger partial charge in [-0.2, -0.15) is 0 Å². The first-order chi connectivity index (χ1) is 9.51.